The SMILES string of the molecule is Cc1c(CC(=O)N2CCC(c3cccc(CNC(C)C)c3)CC2)c(=O)oc2c(O)c(O)ccc12. The van der Waals surface area contributed by atoms with E-state index in [1.807, 2.05) is 4.90 Å². The molecule has 3 N–H and O–H groups in total. The minimum absolute atomic E-state index is 0.0488. The van der Waals surface area contributed by atoms with Crippen LogP contribution in [0.5, 0.6) is 11.5 Å². The van der Waals surface area contributed by atoms with Crippen molar-refractivity contribution in [1.29, 1.82) is 0 Å². The van der Waals surface area contributed by atoms with Gasteiger partial charge in [0.2, 0.25) is 11.7 Å². The zero-order valence-electron chi connectivity index (χ0n) is 19.9. The summed E-state index contributed by atoms with van der Waals surface area (Å²) in [6.45, 7) is 8.12. The molecule has 1 fully saturated rings. The minimum atomic E-state index is -0.666. The van der Waals surface area contributed by atoms with Crippen LogP contribution in [0.2, 0.25) is 0 Å². The summed E-state index contributed by atoms with van der Waals surface area (Å²) in [5.74, 6) is -0.526. The molecule has 1 aliphatic heterocycles. The molecule has 34 heavy (non-hydrogen) atoms. The van der Waals surface area contributed by atoms with Crippen molar-refractivity contribution in [3.05, 3.63) is 69.1 Å². The van der Waals surface area contributed by atoms with Gasteiger partial charge in [0, 0.05) is 31.1 Å². The number of phenols is 2. The van der Waals surface area contributed by atoms with Gasteiger partial charge in [-0.3, -0.25) is 4.79 Å². The lowest BCUT2D eigenvalue weighted by molar-refractivity contribution is -0.131. The summed E-state index contributed by atoms with van der Waals surface area (Å²) in [7, 11) is 0. The van der Waals surface area contributed by atoms with Crippen molar-refractivity contribution in [1.82, 2.24) is 10.2 Å². The predicted molar refractivity (Wildman–Crippen MR) is 131 cm³/mol. The summed E-state index contributed by atoms with van der Waals surface area (Å²) in [4.78, 5) is 27.4. The van der Waals surface area contributed by atoms with E-state index in [-0.39, 0.29) is 29.2 Å². The van der Waals surface area contributed by atoms with Gasteiger partial charge in [-0.1, -0.05) is 38.1 Å². The van der Waals surface area contributed by atoms with E-state index in [0.29, 0.717) is 36.0 Å². The molecule has 0 atom stereocenters. The summed E-state index contributed by atoms with van der Waals surface area (Å²) in [5, 5.41) is 23.6. The number of aromatic hydroxyl groups is 2. The molecule has 180 valence electrons. The first-order valence-corrected chi connectivity index (χ1v) is 11.8. The average Bonchev–Trinajstić information content (AvgIpc) is 2.83. The number of rotatable bonds is 6. The van der Waals surface area contributed by atoms with Crippen LogP contribution in [0, 0.1) is 6.92 Å². The van der Waals surface area contributed by atoms with Crippen molar-refractivity contribution in [2.75, 3.05) is 13.1 Å². The topological polar surface area (TPSA) is 103 Å². The second-order valence-corrected chi connectivity index (χ2v) is 9.42. The Morgan fingerprint density at radius 3 is 2.62 bits per heavy atom. The van der Waals surface area contributed by atoms with Gasteiger partial charge >= 0.3 is 5.63 Å². The van der Waals surface area contributed by atoms with Crippen LogP contribution in [0.3, 0.4) is 0 Å². The van der Waals surface area contributed by atoms with Gasteiger partial charge in [0.25, 0.3) is 0 Å². The van der Waals surface area contributed by atoms with Crippen LogP contribution in [-0.4, -0.2) is 40.2 Å². The number of amides is 1. The van der Waals surface area contributed by atoms with Gasteiger partial charge in [0.05, 0.1) is 12.0 Å². The zero-order valence-corrected chi connectivity index (χ0v) is 19.9. The number of benzene rings is 2. The number of hydrogen-bond acceptors (Lipinski definition) is 6. The molecular formula is C27H32N2O5. The molecular weight excluding hydrogens is 432 g/mol. The lowest BCUT2D eigenvalue weighted by Gasteiger charge is -2.32. The molecule has 7 heteroatoms. The Hall–Kier alpha value is -3.32. The lowest BCUT2D eigenvalue weighted by atomic mass is 9.88. The molecule has 7 nitrogen and oxygen atoms in total. The number of piperidine rings is 1. The molecule has 2 aromatic carbocycles. The normalized spacial score (nSPS) is 14.8. The predicted octanol–water partition coefficient (Wildman–Crippen LogP) is 3.96. The van der Waals surface area contributed by atoms with Gasteiger partial charge in [-0.25, -0.2) is 4.79 Å². The number of nitrogens with one attached hydrogen (secondary N) is 1. The maximum absolute atomic E-state index is 13.0. The molecule has 0 radical (unpaired) electrons. The maximum atomic E-state index is 13.0. The second-order valence-electron chi connectivity index (χ2n) is 9.42. The van der Waals surface area contributed by atoms with Crippen molar-refractivity contribution >= 4 is 16.9 Å². The number of carbonyl (C=O) groups is 1. The number of hydrogen-bond donors (Lipinski definition) is 3. The van der Waals surface area contributed by atoms with Crippen LogP contribution >= 0.6 is 0 Å². The Balaban J connectivity index is 1.43. The van der Waals surface area contributed by atoms with Crippen molar-refractivity contribution < 1.29 is 19.4 Å². The van der Waals surface area contributed by atoms with Crippen LogP contribution in [0.25, 0.3) is 11.0 Å². The Morgan fingerprint density at radius 1 is 1.18 bits per heavy atom. The van der Waals surface area contributed by atoms with Gasteiger partial charge in [0.15, 0.2) is 11.3 Å². The highest BCUT2D eigenvalue weighted by Crippen LogP contribution is 2.35. The summed E-state index contributed by atoms with van der Waals surface area (Å²) >= 11 is 0. The van der Waals surface area contributed by atoms with E-state index < -0.39 is 11.4 Å². The van der Waals surface area contributed by atoms with Gasteiger partial charge in [-0.15, -0.1) is 0 Å². The molecule has 1 saturated heterocycles. The van der Waals surface area contributed by atoms with Gasteiger partial charge in [-0.2, -0.15) is 0 Å². The first-order valence-electron chi connectivity index (χ1n) is 11.8. The minimum Gasteiger partial charge on any atom is -0.504 e. The lowest BCUT2D eigenvalue weighted by Crippen LogP contribution is -2.39. The highest BCUT2D eigenvalue weighted by Gasteiger charge is 2.26. The van der Waals surface area contributed by atoms with Crippen molar-refractivity contribution in [2.45, 2.75) is 58.5 Å². The quantitative estimate of drug-likeness (QED) is 0.377. The number of aryl methyl sites for hydroxylation is 1. The Bertz CT molecular complexity index is 1260. The summed E-state index contributed by atoms with van der Waals surface area (Å²) in [5.41, 5.74) is 2.71. The Morgan fingerprint density at radius 2 is 1.91 bits per heavy atom. The standard InChI is InChI=1S/C27H32N2O5/c1-16(2)28-15-18-5-4-6-20(13-18)19-9-11-29(12-10-19)24(31)14-22-17(3)21-7-8-23(30)25(32)26(21)34-27(22)33/h4-8,13,16,19,28,30,32H,9-12,14-15H2,1-3H3. The van der Waals surface area contributed by atoms with Gasteiger partial charge < -0.3 is 24.8 Å². The summed E-state index contributed by atoms with van der Waals surface area (Å²) < 4.78 is 5.25. The fraction of sp³-hybridized carbons (Fsp3) is 0.407. The van der Waals surface area contributed by atoms with Gasteiger partial charge in [0.1, 0.15) is 0 Å². The van der Waals surface area contributed by atoms with E-state index in [0.717, 1.165) is 19.4 Å². The molecule has 2 heterocycles. The van der Waals surface area contributed by atoms with Crippen LogP contribution in [0.1, 0.15) is 54.9 Å². The first-order chi connectivity index (χ1) is 16.2. The molecule has 1 aromatic heterocycles. The largest absolute Gasteiger partial charge is 0.504 e. The van der Waals surface area contributed by atoms with Crippen molar-refractivity contribution in [3.8, 4) is 11.5 Å². The van der Waals surface area contributed by atoms with Crippen molar-refractivity contribution in [2.24, 2.45) is 0 Å². The van der Waals surface area contributed by atoms with E-state index in [1.54, 1.807) is 13.0 Å². The highest BCUT2D eigenvalue weighted by atomic mass is 16.4. The van der Waals surface area contributed by atoms with Crippen LogP contribution < -0.4 is 10.9 Å². The van der Waals surface area contributed by atoms with Gasteiger partial charge in [-0.05, 0) is 54.5 Å². The Kier molecular flexibility index (Phi) is 6.93. The number of carbonyl (C=O) groups excluding carboxylic acids is 1. The fourth-order valence-corrected chi connectivity index (χ4v) is 4.64. The zero-order chi connectivity index (χ0) is 24.4. The van der Waals surface area contributed by atoms with Crippen LogP contribution in [0.4, 0.5) is 0 Å². The van der Waals surface area contributed by atoms with Crippen LogP contribution in [0.15, 0.2) is 45.6 Å². The van der Waals surface area contributed by atoms with E-state index in [4.69, 9.17) is 4.42 Å². The molecule has 0 saturated carbocycles. The van der Waals surface area contributed by atoms with E-state index in [9.17, 15) is 19.8 Å². The monoisotopic (exact) mass is 464 g/mol. The molecule has 1 aliphatic rings. The number of nitrogens with zero attached hydrogens (tertiary/aromatic N) is 1. The Labute approximate surface area is 199 Å². The van der Waals surface area contributed by atoms with E-state index in [2.05, 4.69) is 43.4 Å². The molecule has 0 spiro atoms. The summed E-state index contributed by atoms with van der Waals surface area (Å²) in [6, 6.07) is 12.0. The van der Waals surface area contributed by atoms with E-state index in [1.165, 1.54) is 17.2 Å². The number of fused-ring (bicyclic) bond motifs is 1. The second kappa shape index (κ2) is 9.89. The van der Waals surface area contributed by atoms with Crippen LogP contribution in [-0.2, 0) is 17.8 Å². The molecule has 4 rings (SSSR count). The fourth-order valence-electron chi connectivity index (χ4n) is 4.64. The van der Waals surface area contributed by atoms with E-state index >= 15 is 0 Å². The number of phenolic OH excluding ortho intramolecular Hbond substituents is 2. The van der Waals surface area contributed by atoms with Crippen molar-refractivity contribution in [3.63, 3.8) is 0 Å². The molecule has 0 unspecified atom stereocenters. The third kappa shape index (κ3) is 4.94. The average molecular weight is 465 g/mol. The molecule has 0 bridgehead atoms. The molecule has 3 aromatic rings. The maximum Gasteiger partial charge on any atom is 0.340 e. The molecule has 0 aliphatic carbocycles. The summed E-state index contributed by atoms with van der Waals surface area (Å²) in [6.07, 6.45) is 1.71. The highest BCUT2D eigenvalue weighted by molar-refractivity contribution is 5.89. The third-order valence-electron chi connectivity index (χ3n) is 6.72. The first kappa shape index (κ1) is 23.8. The number of likely N-dealkylation sites (tertiary alicyclic amines) is 1. The molecule has 1 amide bonds. The smallest absolute Gasteiger partial charge is 0.340 e. The third-order valence-corrected chi connectivity index (χ3v) is 6.72.